The molecule has 1 aliphatic rings. The summed E-state index contributed by atoms with van der Waals surface area (Å²) in [6, 6.07) is -0.351. The first-order valence-corrected chi connectivity index (χ1v) is 5.77. The molecule has 3 N–H and O–H groups in total. The summed E-state index contributed by atoms with van der Waals surface area (Å²) in [4.78, 5) is 21.5. The van der Waals surface area contributed by atoms with Crippen molar-refractivity contribution >= 4 is 11.7 Å². The third kappa shape index (κ3) is 2.39. The van der Waals surface area contributed by atoms with Crippen molar-refractivity contribution in [2.24, 2.45) is 10.9 Å². The Morgan fingerprint density at radius 1 is 1.44 bits per heavy atom. The number of rotatable bonds is 2. The Balaban J connectivity index is 2.22. The summed E-state index contributed by atoms with van der Waals surface area (Å²) in [7, 11) is 0. The van der Waals surface area contributed by atoms with Gasteiger partial charge in [0.05, 0.1) is 11.6 Å². The molecule has 1 amide bonds. The van der Waals surface area contributed by atoms with Crippen molar-refractivity contribution in [1.29, 1.82) is 0 Å². The Bertz CT molecular complexity index is 448. The van der Waals surface area contributed by atoms with Gasteiger partial charge in [-0.15, -0.1) is 0 Å². The van der Waals surface area contributed by atoms with Crippen molar-refractivity contribution in [2.75, 3.05) is 6.54 Å². The van der Waals surface area contributed by atoms with Crippen LogP contribution in [0, 0.1) is 0 Å². The van der Waals surface area contributed by atoms with E-state index in [4.69, 9.17) is 10.9 Å². The second-order valence-electron chi connectivity index (χ2n) is 4.16. The van der Waals surface area contributed by atoms with Gasteiger partial charge in [0, 0.05) is 18.9 Å². The van der Waals surface area contributed by atoms with Gasteiger partial charge < -0.3 is 15.8 Å². The number of hydrogen-bond donors (Lipinski definition) is 2. The monoisotopic (exact) mass is 249 g/mol. The molecule has 7 nitrogen and oxygen atoms in total. The van der Waals surface area contributed by atoms with Gasteiger partial charge in [0.1, 0.15) is 6.33 Å². The third-order valence-electron chi connectivity index (χ3n) is 3.03. The molecule has 96 valence electrons. The van der Waals surface area contributed by atoms with Gasteiger partial charge in [-0.05, 0) is 19.3 Å². The summed E-state index contributed by atoms with van der Waals surface area (Å²) in [6.45, 7) is 0.592. The molecule has 0 aromatic carbocycles. The SMILES string of the molecule is NC(=NO)C1CCCCN1C(=O)c1cncnc1. The molecular formula is C11H15N5O2. The van der Waals surface area contributed by atoms with Crippen LogP contribution in [0.2, 0.25) is 0 Å². The summed E-state index contributed by atoms with van der Waals surface area (Å²) in [5.41, 5.74) is 6.04. The number of oxime groups is 1. The number of piperidine rings is 1. The predicted molar refractivity (Wildman–Crippen MR) is 64.1 cm³/mol. The van der Waals surface area contributed by atoms with Crippen molar-refractivity contribution in [3.63, 3.8) is 0 Å². The number of nitrogens with two attached hydrogens (primary N) is 1. The van der Waals surface area contributed by atoms with Gasteiger partial charge in [0.25, 0.3) is 5.91 Å². The van der Waals surface area contributed by atoms with Crippen molar-refractivity contribution < 1.29 is 10.0 Å². The number of carbonyl (C=O) groups is 1. The third-order valence-corrected chi connectivity index (χ3v) is 3.03. The number of aromatic nitrogens is 2. The first kappa shape index (κ1) is 12.3. The molecule has 7 heteroatoms. The summed E-state index contributed by atoms with van der Waals surface area (Å²) >= 11 is 0. The van der Waals surface area contributed by atoms with Gasteiger partial charge in [-0.25, -0.2) is 9.97 Å². The number of hydrogen-bond acceptors (Lipinski definition) is 5. The molecular weight excluding hydrogens is 234 g/mol. The maximum absolute atomic E-state index is 12.3. The van der Waals surface area contributed by atoms with E-state index in [9.17, 15) is 4.79 Å². The smallest absolute Gasteiger partial charge is 0.257 e. The van der Waals surface area contributed by atoms with Crippen LogP contribution in [0.15, 0.2) is 23.9 Å². The fourth-order valence-corrected chi connectivity index (χ4v) is 2.12. The lowest BCUT2D eigenvalue weighted by molar-refractivity contribution is 0.0675. The molecule has 0 saturated carbocycles. The summed E-state index contributed by atoms with van der Waals surface area (Å²) in [5, 5.41) is 11.8. The highest BCUT2D eigenvalue weighted by atomic mass is 16.4. The maximum Gasteiger partial charge on any atom is 0.257 e. The molecule has 0 aliphatic carbocycles. The second-order valence-corrected chi connectivity index (χ2v) is 4.16. The molecule has 0 spiro atoms. The average Bonchev–Trinajstić information content (AvgIpc) is 2.46. The van der Waals surface area contributed by atoms with Gasteiger partial charge in [-0.2, -0.15) is 0 Å². The van der Waals surface area contributed by atoms with E-state index in [1.807, 2.05) is 0 Å². The van der Waals surface area contributed by atoms with E-state index in [0.29, 0.717) is 18.5 Å². The van der Waals surface area contributed by atoms with E-state index in [2.05, 4.69) is 15.1 Å². The lowest BCUT2D eigenvalue weighted by Crippen LogP contribution is -2.50. The summed E-state index contributed by atoms with van der Waals surface area (Å²) in [6.07, 6.45) is 6.87. The first-order valence-electron chi connectivity index (χ1n) is 5.77. The van der Waals surface area contributed by atoms with Crippen LogP contribution in [0.4, 0.5) is 0 Å². The zero-order valence-corrected chi connectivity index (χ0v) is 9.86. The van der Waals surface area contributed by atoms with Crippen LogP contribution in [0.1, 0.15) is 29.6 Å². The largest absolute Gasteiger partial charge is 0.409 e. The van der Waals surface area contributed by atoms with Gasteiger partial charge in [-0.1, -0.05) is 5.16 Å². The van der Waals surface area contributed by atoms with E-state index in [1.165, 1.54) is 18.7 Å². The topological polar surface area (TPSA) is 105 Å². The summed E-state index contributed by atoms with van der Waals surface area (Å²) in [5.74, 6) is -0.119. The molecule has 1 atom stereocenters. The zero-order chi connectivity index (χ0) is 13.0. The zero-order valence-electron chi connectivity index (χ0n) is 9.86. The average molecular weight is 249 g/mol. The Kier molecular flexibility index (Phi) is 3.71. The molecule has 1 unspecified atom stereocenters. The lowest BCUT2D eigenvalue weighted by atomic mass is 10.0. The van der Waals surface area contributed by atoms with E-state index >= 15 is 0 Å². The minimum absolute atomic E-state index is 0.0694. The van der Waals surface area contributed by atoms with Crippen molar-refractivity contribution in [3.8, 4) is 0 Å². The number of amidine groups is 1. The van der Waals surface area contributed by atoms with E-state index in [-0.39, 0.29) is 17.8 Å². The molecule has 1 saturated heterocycles. The normalized spacial score (nSPS) is 20.8. The van der Waals surface area contributed by atoms with Crippen LogP contribution in [0.3, 0.4) is 0 Å². The number of nitrogens with zero attached hydrogens (tertiary/aromatic N) is 4. The molecule has 2 heterocycles. The molecule has 1 aromatic heterocycles. The maximum atomic E-state index is 12.3. The van der Waals surface area contributed by atoms with Gasteiger partial charge in [-0.3, -0.25) is 4.79 Å². The van der Waals surface area contributed by atoms with Crippen molar-refractivity contribution in [3.05, 3.63) is 24.3 Å². The molecule has 1 aromatic rings. The predicted octanol–water partition coefficient (Wildman–Crippen LogP) is 0.218. The van der Waals surface area contributed by atoms with E-state index in [1.54, 1.807) is 4.90 Å². The Morgan fingerprint density at radius 3 is 2.83 bits per heavy atom. The van der Waals surface area contributed by atoms with Gasteiger partial charge >= 0.3 is 0 Å². The molecule has 2 rings (SSSR count). The van der Waals surface area contributed by atoms with Gasteiger partial charge in [0.15, 0.2) is 5.84 Å². The van der Waals surface area contributed by atoms with Crippen LogP contribution >= 0.6 is 0 Å². The summed E-state index contributed by atoms with van der Waals surface area (Å²) < 4.78 is 0. The quantitative estimate of drug-likeness (QED) is 0.337. The van der Waals surface area contributed by atoms with Crippen LogP contribution in [-0.2, 0) is 0 Å². The van der Waals surface area contributed by atoms with Crippen LogP contribution < -0.4 is 5.73 Å². The van der Waals surface area contributed by atoms with Crippen molar-refractivity contribution in [2.45, 2.75) is 25.3 Å². The highest BCUT2D eigenvalue weighted by Crippen LogP contribution is 2.19. The van der Waals surface area contributed by atoms with Crippen LogP contribution in [0.25, 0.3) is 0 Å². The molecule has 1 fully saturated rings. The first-order chi connectivity index (χ1) is 8.74. The lowest BCUT2D eigenvalue weighted by Gasteiger charge is -2.34. The van der Waals surface area contributed by atoms with E-state index in [0.717, 1.165) is 12.8 Å². The second kappa shape index (κ2) is 5.44. The highest BCUT2D eigenvalue weighted by Gasteiger charge is 2.30. The fraction of sp³-hybridized carbons (Fsp3) is 0.455. The molecule has 0 bridgehead atoms. The fourth-order valence-electron chi connectivity index (χ4n) is 2.12. The molecule has 1 aliphatic heterocycles. The standard InChI is InChI=1S/C11H15N5O2/c12-10(15-18)9-3-1-2-4-16(9)11(17)8-5-13-7-14-6-8/h5-7,9,18H,1-4H2,(H2,12,15). The highest BCUT2D eigenvalue weighted by molar-refractivity contribution is 5.98. The number of likely N-dealkylation sites (tertiary alicyclic amines) is 1. The Hall–Kier alpha value is -2.18. The van der Waals surface area contributed by atoms with Crippen LogP contribution in [-0.4, -0.2) is 44.4 Å². The Morgan fingerprint density at radius 2 is 2.17 bits per heavy atom. The number of amides is 1. The molecule has 0 radical (unpaired) electrons. The van der Waals surface area contributed by atoms with Gasteiger partial charge in [0.2, 0.25) is 0 Å². The van der Waals surface area contributed by atoms with Crippen LogP contribution in [0.5, 0.6) is 0 Å². The Labute approximate surface area is 104 Å². The minimum atomic E-state index is -0.351. The molecule has 18 heavy (non-hydrogen) atoms. The number of carbonyl (C=O) groups excluding carboxylic acids is 1. The van der Waals surface area contributed by atoms with E-state index < -0.39 is 0 Å². The minimum Gasteiger partial charge on any atom is -0.409 e. The van der Waals surface area contributed by atoms with Crippen molar-refractivity contribution in [1.82, 2.24) is 14.9 Å².